The molecule has 0 saturated carbocycles. The van der Waals surface area contributed by atoms with E-state index >= 15 is 0 Å². The van der Waals surface area contributed by atoms with Crippen molar-refractivity contribution < 1.29 is 14.6 Å². The summed E-state index contributed by atoms with van der Waals surface area (Å²) in [6, 6.07) is 6.79. The quantitative estimate of drug-likeness (QED) is 0.878. The standard InChI is InChI=1S/C12H8Cl2N2O3/c13-7-1-3-8(4-2-7)19-6-10-15-5-9(12(17)18)11(14)16-10/h1-5H,6H2,(H,17,18). The van der Waals surface area contributed by atoms with E-state index < -0.39 is 5.97 Å². The lowest BCUT2D eigenvalue weighted by Crippen LogP contribution is -2.06. The monoisotopic (exact) mass is 298 g/mol. The zero-order valence-corrected chi connectivity index (χ0v) is 11.0. The van der Waals surface area contributed by atoms with Gasteiger partial charge in [0.25, 0.3) is 0 Å². The van der Waals surface area contributed by atoms with Crippen LogP contribution in [-0.4, -0.2) is 21.0 Å². The van der Waals surface area contributed by atoms with Crippen molar-refractivity contribution in [1.29, 1.82) is 0 Å². The molecule has 0 atom stereocenters. The maximum absolute atomic E-state index is 10.7. The van der Waals surface area contributed by atoms with Crippen LogP contribution < -0.4 is 4.74 Å². The van der Waals surface area contributed by atoms with Crippen molar-refractivity contribution in [2.75, 3.05) is 0 Å². The lowest BCUT2D eigenvalue weighted by molar-refractivity contribution is 0.0696. The third-order valence-electron chi connectivity index (χ3n) is 2.20. The normalized spacial score (nSPS) is 10.2. The molecule has 2 rings (SSSR count). The Morgan fingerprint density at radius 3 is 2.53 bits per heavy atom. The summed E-state index contributed by atoms with van der Waals surface area (Å²) < 4.78 is 5.41. The highest BCUT2D eigenvalue weighted by Crippen LogP contribution is 2.17. The molecule has 0 amide bonds. The van der Waals surface area contributed by atoms with E-state index in [0.29, 0.717) is 16.6 Å². The molecule has 0 aliphatic carbocycles. The number of carbonyl (C=O) groups is 1. The first-order valence-electron chi connectivity index (χ1n) is 5.19. The second kappa shape index (κ2) is 5.86. The van der Waals surface area contributed by atoms with Gasteiger partial charge in [0.2, 0.25) is 0 Å². The number of rotatable bonds is 4. The Morgan fingerprint density at radius 2 is 1.95 bits per heavy atom. The predicted molar refractivity (Wildman–Crippen MR) is 69.8 cm³/mol. The van der Waals surface area contributed by atoms with E-state index in [0.717, 1.165) is 6.20 Å². The summed E-state index contributed by atoms with van der Waals surface area (Å²) in [4.78, 5) is 18.5. The van der Waals surface area contributed by atoms with Crippen molar-refractivity contribution in [2.45, 2.75) is 6.61 Å². The summed E-state index contributed by atoms with van der Waals surface area (Å²) in [7, 11) is 0. The van der Waals surface area contributed by atoms with Crippen LogP contribution in [0.25, 0.3) is 0 Å². The molecule has 0 radical (unpaired) electrons. The second-order valence-corrected chi connectivity index (χ2v) is 4.33. The summed E-state index contributed by atoms with van der Waals surface area (Å²) in [5.74, 6) is -0.272. The maximum atomic E-state index is 10.7. The van der Waals surface area contributed by atoms with Crippen molar-refractivity contribution in [2.24, 2.45) is 0 Å². The molecule has 2 aromatic rings. The maximum Gasteiger partial charge on any atom is 0.340 e. The number of halogens is 2. The molecule has 0 bridgehead atoms. The first kappa shape index (κ1) is 13.6. The summed E-state index contributed by atoms with van der Waals surface area (Å²) in [5.41, 5.74) is -0.142. The van der Waals surface area contributed by atoms with Gasteiger partial charge >= 0.3 is 5.97 Å². The number of hydrogen-bond acceptors (Lipinski definition) is 4. The average Bonchev–Trinajstić information content (AvgIpc) is 2.37. The molecule has 5 nitrogen and oxygen atoms in total. The minimum absolute atomic E-state index is 0.0846. The molecule has 0 unspecified atom stereocenters. The molecule has 1 aromatic carbocycles. The fraction of sp³-hybridized carbons (Fsp3) is 0.0833. The average molecular weight is 299 g/mol. The van der Waals surface area contributed by atoms with Gasteiger partial charge in [-0.15, -0.1) is 0 Å². The largest absolute Gasteiger partial charge is 0.486 e. The van der Waals surface area contributed by atoms with E-state index in [1.165, 1.54) is 0 Å². The molecule has 7 heteroatoms. The van der Waals surface area contributed by atoms with Gasteiger partial charge in [-0.25, -0.2) is 14.8 Å². The number of aromatic carboxylic acids is 1. The number of hydrogen-bond donors (Lipinski definition) is 1. The van der Waals surface area contributed by atoms with Crippen molar-refractivity contribution in [3.63, 3.8) is 0 Å². The van der Waals surface area contributed by atoms with Gasteiger partial charge in [0.15, 0.2) is 5.82 Å². The van der Waals surface area contributed by atoms with Crippen LogP contribution in [0.2, 0.25) is 10.2 Å². The van der Waals surface area contributed by atoms with Crippen LogP contribution in [0.15, 0.2) is 30.5 Å². The third-order valence-corrected chi connectivity index (χ3v) is 2.74. The molecule has 0 fully saturated rings. The number of aromatic nitrogens is 2. The highest BCUT2D eigenvalue weighted by molar-refractivity contribution is 6.32. The van der Waals surface area contributed by atoms with E-state index in [4.69, 9.17) is 33.0 Å². The Kier molecular flexibility index (Phi) is 4.19. The molecule has 0 spiro atoms. The van der Waals surface area contributed by atoms with Crippen LogP contribution in [0.4, 0.5) is 0 Å². The van der Waals surface area contributed by atoms with Crippen molar-refractivity contribution in [1.82, 2.24) is 9.97 Å². The summed E-state index contributed by atoms with van der Waals surface area (Å²) in [5, 5.41) is 9.28. The van der Waals surface area contributed by atoms with Crippen molar-refractivity contribution >= 4 is 29.2 Å². The van der Waals surface area contributed by atoms with Gasteiger partial charge in [0.1, 0.15) is 23.1 Å². The van der Waals surface area contributed by atoms with Gasteiger partial charge < -0.3 is 9.84 Å². The summed E-state index contributed by atoms with van der Waals surface area (Å²) in [6.07, 6.45) is 1.15. The number of carboxylic acid groups (broad SMARTS) is 1. The van der Waals surface area contributed by atoms with E-state index in [9.17, 15) is 4.79 Å². The zero-order valence-electron chi connectivity index (χ0n) is 9.51. The minimum atomic E-state index is -1.17. The number of carboxylic acids is 1. The van der Waals surface area contributed by atoms with Crippen LogP contribution in [0.5, 0.6) is 5.75 Å². The van der Waals surface area contributed by atoms with Crippen LogP contribution in [0, 0.1) is 0 Å². The van der Waals surface area contributed by atoms with Crippen LogP contribution in [0.1, 0.15) is 16.2 Å². The molecular weight excluding hydrogens is 291 g/mol. The lowest BCUT2D eigenvalue weighted by atomic mass is 10.3. The Bertz CT molecular complexity index is 602. The topological polar surface area (TPSA) is 72.3 Å². The van der Waals surface area contributed by atoms with Gasteiger partial charge in [0, 0.05) is 11.2 Å². The molecule has 0 aliphatic rings. The van der Waals surface area contributed by atoms with Gasteiger partial charge in [-0.2, -0.15) is 0 Å². The van der Waals surface area contributed by atoms with E-state index in [1.54, 1.807) is 24.3 Å². The van der Waals surface area contributed by atoms with Crippen molar-refractivity contribution in [3.8, 4) is 5.75 Å². The predicted octanol–water partition coefficient (Wildman–Crippen LogP) is 3.06. The Labute approximate surface area is 118 Å². The Morgan fingerprint density at radius 1 is 1.26 bits per heavy atom. The van der Waals surface area contributed by atoms with Gasteiger partial charge in [-0.1, -0.05) is 23.2 Å². The molecule has 98 valence electrons. The number of ether oxygens (including phenoxy) is 1. The molecule has 0 saturated heterocycles. The molecule has 19 heavy (non-hydrogen) atoms. The lowest BCUT2D eigenvalue weighted by Gasteiger charge is -2.06. The first-order chi connectivity index (χ1) is 9.06. The fourth-order valence-corrected chi connectivity index (χ4v) is 1.64. The van der Waals surface area contributed by atoms with Crippen LogP contribution >= 0.6 is 23.2 Å². The minimum Gasteiger partial charge on any atom is -0.486 e. The van der Waals surface area contributed by atoms with E-state index in [1.807, 2.05) is 0 Å². The highest BCUT2D eigenvalue weighted by Gasteiger charge is 2.11. The highest BCUT2D eigenvalue weighted by atomic mass is 35.5. The molecular formula is C12H8Cl2N2O3. The number of benzene rings is 1. The first-order valence-corrected chi connectivity index (χ1v) is 5.95. The molecule has 1 heterocycles. The van der Waals surface area contributed by atoms with E-state index in [-0.39, 0.29) is 17.3 Å². The Balaban J connectivity index is 2.06. The van der Waals surface area contributed by atoms with Crippen LogP contribution in [-0.2, 0) is 6.61 Å². The number of nitrogens with zero attached hydrogens (tertiary/aromatic N) is 2. The molecule has 1 aromatic heterocycles. The molecule has 0 aliphatic heterocycles. The smallest absolute Gasteiger partial charge is 0.340 e. The van der Waals surface area contributed by atoms with Gasteiger partial charge in [-0.3, -0.25) is 0 Å². The summed E-state index contributed by atoms with van der Waals surface area (Å²) in [6.45, 7) is 0.0846. The van der Waals surface area contributed by atoms with Gasteiger partial charge in [-0.05, 0) is 24.3 Å². The van der Waals surface area contributed by atoms with Gasteiger partial charge in [0.05, 0.1) is 0 Å². The molecule has 1 N–H and O–H groups in total. The zero-order chi connectivity index (χ0) is 13.8. The van der Waals surface area contributed by atoms with Crippen LogP contribution in [0.3, 0.4) is 0 Å². The third kappa shape index (κ3) is 3.56. The summed E-state index contributed by atoms with van der Waals surface area (Å²) >= 11 is 11.5. The fourth-order valence-electron chi connectivity index (χ4n) is 1.29. The SMILES string of the molecule is O=C(O)c1cnc(COc2ccc(Cl)cc2)nc1Cl. The second-order valence-electron chi connectivity index (χ2n) is 3.54. The Hall–Kier alpha value is -1.85. The van der Waals surface area contributed by atoms with E-state index in [2.05, 4.69) is 9.97 Å². The van der Waals surface area contributed by atoms with Crippen molar-refractivity contribution in [3.05, 3.63) is 52.0 Å².